The van der Waals surface area contributed by atoms with Gasteiger partial charge >= 0.3 is 0 Å². The summed E-state index contributed by atoms with van der Waals surface area (Å²) in [6, 6.07) is 17.3. The van der Waals surface area contributed by atoms with Gasteiger partial charge < -0.3 is 9.64 Å². The molecule has 2 heterocycles. The molecule has 0 aromatic heterocycles. The van der Waals surface area contributed by atoms with Crippen LogP contribution in [0, 0.1) is 5.41 Å². The molecular weight excluding hydrogens is 412 g/mol. The van der Waals surface area contributed by atoms with Gasteiger partial charge in [-0.25, -0.2) is 8.42 Å². The highest BCUT2D eigenvalue weighted by Crippen LogP contribution is 2.38. The van der Waals surface area contributed by atoms with E-state index in [1.807, 2.05) is 35.2 Å². The van der Waals surface area contributed by atoms with Crippen molar-refractivity contribution < 1.29 is 17.9 Å². The van der Waals surface area contributed by atoms with E-state index in [2.05, 4.69) is 24.0 Å². The molecular formula is C24H30N2O4S. The molecule has 2 aromatic rings. The molecule has 2 atom stereocenters. The molecule has 2 aliphatic rings. The highest BCUT2D eigenvalue weighted by molar-refractivity contribution is 7.90. The lowest BCUT2D eigenvalue weighted by Crippen LogP contribution is -2.40. The van der Waals surface area contributed by atoms with Gasteiger partial charge in [-0.3, -0.25) is 9.69 Å². The molecule has 2 fully saturated rings. The molecule has 0 bridgehead atoms. The fraction of sp³-hybridized carbons (Fsp3) is 0.458. The van der Waals surface area contributed by atoms with Gasteiger partial charge in [-0.2, -0.15) is 0 Å². The maximum Gasteiger partial charge on any atom is 0.223 e. The molecule has 0 aliphatic carbocycles. The van der Waals surface area contributed by atoms with E-state index in [1.54, 1.807) is 12.1 Å². The van der Waals surface area contributed by atoms with E-state index in [4.69, 9.17) is 4.74 Å². The van der Waals surface area contributed by atoms with Gasteiger partial charge in [0.15, 0.2) is 9.84 Å². The molecule has 1 spiro atoms. The van der Waals surface area contributed by atoms with Crippen LogP contribution >= 0.6 is 0 Å². The minimum Gasteiger partial charge on any atom is -0.379 e. The van der Waals surface area contributed by atoms with Gasteiger partial charge in [-0.15, -0.1) is 0 Å². The van der Waals surface area contributed by atoms with Gasteiger partial charge in [0.1, 0.15) is 0 Å². The number of ether oxygens (including phenoxy) is 1. The van der Waals surface area contributed by atoms with Crippen LogP contribution in [0.15, 0.2) is 59.5 Å². The van der Waals surface area contributed by atoms with Gasteiger partial charge in [0.2, 0.25) is 5.91 Å². The molecule has 1 amide bonds. The Morgan fingerprint density at radius 1 is 1.06 bits per heavy atom. The van der Waals surface area contributed by atoms with Gasteiger partial charge in [0, 0.05) is 44.3 Å². The summed E-state index contributed by atoms with van der Waals surface area (Å²) in [5, 5.41) is 0. The first-order valence-corrected chi connectivity index (χ1v) is 12.6. The first-order valence-electron chi connectivity index (χ1n) is 10.7. The van der Waals surface area contributed by atoms with E-state index in [1.165, 1.54) is 6.26 Å². The van der Waals surface area contributed by atoms with E-state index in [0.29, 0.717) is 37.6 Å². The topological polar surface area (TPSA) is 66.9 Å². The van der Waals surface area contributed by atoms with E-state index >= 15 is 0 Å². The van der Waals surface area contributed by atoms with Crippen molar-refractivity contribution in [3.05, 3.63) is 65.7 Å². The highest BCUT2D eigenvalue weighted by Gasteiger charge is 2.46. The zero-order chi connectivity index (χ0) is 22.1. The van der Waals surface area contributed by atoms with Crippen LogP contribution in [0.1, 0.15) is 30.5 Å². The lowest BCUT2D eigenvalue weighted by atomic mass is 9.87. The Morgan fingerprint density at radius 3 is 2.45 bits per heavy atom. The summed E-state index contributed by atoms with van der Waals surface area (Å²) in [4.78, 5) is 17.6. The number of hydrogen-bond donors (Lipinski definition) is 0. The number of amides is 1. The molecule has 2 saturated heterocycles. The average Bonchev–Trinajstić information content (AvgIpc) is 2.93. The first kappa shape index (κ1) is 22.0. The quantitative estimate of drug-likeness (QED) is 0.712. The second-order valence-corrected chi connectivity index (χ2v) is 11.0. The van der Waals surface area contributed by atoms with Crippen molar-refractivity contribution in [1.82, 2.24) is 9.80 Å². The zero-order valence-electron chi connectivity index (χ0n) is 18.2. The number of benzene rings is 2. The number of sulfone groups is 1. The summed E-state index contributed by atoms with van der Waals surface area (Å²) in [5.74, 6) is 0.180. The minimum atomic E-state index is -3.20. The van der Waals surface area contributed by atoms with Crippen molar-refractivity contribution in [3.8, 4) is 0 Å². The van der Waals surface area contributed by atoms with Crippen molar-refractivity contribution in [2.75, 3.05) is 39.1 Å². The van der Waals surface area contributed by atoms with Gasteiger partial charge in [-0.05, 0) is 30.2 Å². The molecule has 0 N–H and O–H groups in total. The fourth-order valence-electron chi connectivity index (χ4n) is 4.71. The lowest BCUT2D eigenvalue weighted by molar-refractivity contribution is -0.129. The van der Waals surface area contributed by atoms with Crippen LogP contribution in [-0.2, 0) is 25.9 Å². The molecule has 2 aromatic carbocycles. The predicted octanol–water partition coefficient (Wildman–Crippen LogP) is 2.90. The highest BCUT2D eigenvalue weighted by atomic mass is 32.2. The number of nitrogens with zero attached hydrogens (tertiary/aromatic N) is 2. The molecule has 4 rings (SSSR count). The van der Waals surface area contributed by atoms with E-state index in [-0.39, 0.29) is 17.4 Å². The second-order valence-electron chi connectivity index (χ2n) is 8.96. The van der Waals surface area contributed by atoms with Crippen molar-refractivity contribution in [1.29, 1.82) is 0 Å². The largest absolute Gasteiger partial charge is 0.379 e. The summed E-state index contributed by atoms with van der Waals surface area (Å²) in [7, 11) is -3.20. The van der Waals surface area contributed by atoms with E-state index in [0.717, 1.165) is 24.2 Å². The minimum absolute atomic E-state index is 0.0355. The standard InChI is InChI=1S/C24H30N2O4S/c1-19(21-6-4-3-5-7-21)26-17-24(14-23(26)27)16-25(12-13-30-18-24)15-20-8-10-22(11-9-20)31(2,28)29/h3-11,19H,12-18H2,1-2H3/t19-,24-/m0/s1. The monoisotopic (exact) mass is 442 g/mol. The van der Waals surface area contributed by atoms with Crippen LogP contribution in [0.4, 0.5) is 0 Å². The van der Waals surface area contributed by atoms with Crippen LogP contribution in [0.5, 0.6) is 0 Å². The van der Waals surface area contributed by atoms with Crippen molar-refractivity contribution >= 4 is 15.7 Å². The number of carbonyl (C=O) groups is 1. The van der Waals surface area contributed by atoms with Crippen molar-refractivity contribution in [3.63, 3.8) is 0 Å². The fourth-order valence-corrected chi connectivity index (χ4v) is 5.34. The van der Waals surface area contributed by atoms with Crippen molar-refractivity contribution in [2.24, 2.45) is 5.41 Å². The van der Waals surface area contributed by atoms with Crippen LogP contribution in [0.25, 0.3) is 0 Å². The lowest BCUT2D eigenvalue weighted by Gasteiger charge is -2.33. The van der Waals surface area contributed by atoms with E-state index in [9.17, 15) is 13.2 Å². The maximum absolute atomic E-state index is 13.0. The summed E-state index contributed by atoms with van der Waals surface area (Å²) in [6.45, 7) is 6.27. The Balaban J connectivity index is 1.47. The zero-order valence-corrected chi connectivity index (χ0v) is 19.0. The smallest absolute Gasteiger partial charge is 0.223 e. The molecule has 0 radical (unpaired) electrons. The van der Waals surface area contributed by atoms with Crippen LogP contribution in [0.3, 0.4) is 0 Å². The molecule has 31 heavy (non-hydrogen) atoms. The van der Waals surface area contributed by atoms with Crippen molar-refractivity contribution in [2.45, 2.75) is 30.8 Å². The molecule has 2 aliphatic heterocycles. The Bertz CT molecular complexity index is 1020. The van der Waals surface area contributed by atoms with Gasteiger partial charge in [0.25, 0.3) is 0 Å². The number of carbonyl (C=O) groups excluding carboxylic acids is 1. The maximum atomic E-state index is 13.0. The Labute approximate surface area is 184 Å². The van der Waals surface area contributed by atoms with E-state index < -0.39 is 9.84 Å². The first-order chi connectivity index (χ1) is 14.8. The number of rotatable bonds is 5. The Morgan fingerprint density at radius 2 is 1.77 bits per heavy atom. The Kier molecular flexibility index (Phi) is 6.19. The third-order valence-corrected chi connectivity index (χ3v) is 7.51. The summed E-state index contributed by atoms with van der Waals surface area (Å²) < 4.78 is 29.4. The second kappa shape index (κ2) is 8.73. The predicted molar refractivity (Wildman–Crippen MR) is 119 cm³/mol. The summed E-state index contributed by atoms with van der Waals surface area (Å²) in [6.07, 6.45) is 1.71. The molecule has 0 saturated carbocycles. The summed E-state index contributed by atoms with van der Waals surface area (Å²) >= 11 is 0. The average molecular weight is 443 g/mol. The number of hydrogen-bond acceptors (Lipinski definition) is 5. The van der Waals surface area contributed by atoms with Crippen LogP contribution in [-0.4, -0.2) is 63.2 Å². The molecule has 6 nitrogen and oxygen atoms in total. The molecule has 7 heteroatoms. The SMILES string of the molecule is C[C@@H](c1ccccc1)N1C[C@]2(COCCN(Cc3ccc(S(C)(=O)=O)cc3)C2)CC1=O. The van der Waals surface area contributed by atoms with Crippen LogP contribution < -0.4 is 0 Å². The van der Waals surface area contributed by atoms with Crippen LogP contribution in [0.2, 0.25) is 0 Å². The van der Waals surface area contributed by atoms with Gasteiger partial charge in [-0.1, -0.05) is 42.5 Å². The molecule has 0 unspecified atom stereocenters. The Hall–Kier alpha value is -2.22. The third-order valence-electron chi connectivity index (χ3n) is 6.38. The third kappa shape index (κ3) is 5.00. The number of likely N-dealkylation sites (tertiary alicyclic amines) is 1. The molecule has 166 valence electrons. The normalized spacial score (nSPS) is 23.8. The summed E-state index contributed by atoms with van der Waals surface area (Å²) in [5.41, 5.74) is 1.98. The van der Waals surface area contributed by atoms with Gasteiger partial charge in [0.05, 0.1) is 24.2 Å².